The topological polar surface area (TPSA) is 88.7 Å². The summed E-state index contributed by atoms with van der Waals surface area (Å²) in [5, 5.41) is 14.3. The Morgan fingerprint density at radius 2 is 1.78 bits per heavy atom. The molecule has 2 aromatic carbocycles. The van der Waals surface area contributed by atoms with E-state index in [1.165, 1.54) is 12.1 Å². The average Bonchev–Trinajstić information content (AvgIpc) is 3.69. The summed E-state index contributed by atoms with van der Waals surface area (Å²) in [6.45, 7) is 1.71. The number of benzene rings is 2. The molecule has 1 spiro atoms. The van der Waals surface area contributed by atoms with Crippen LogP contribution in [-0.4, -0.2) is 40.7 Å². The Bertz CT molecular complexity index is 1630. The van der Waals surface area contributed by atoms with Crippen LogP contribution < -0.4 is 9.64 Å². The van der Waals surface area contributed by atoms with Gasteiger partial charge < -0.3 is 19.3 Å². The van der Waals surface area contributed by atoms with Crippen molar-refractivity contribution >= 4 is 22.7 Å². The molecule has 2 aromatic heterocycles. The summed E-state index contributed by atoms with van der Waals surface area (Å²) in [7, 11) is 0. The number of carboxylic acids is 1. The third-order valence-corrected chi connectivity index (χ3v) is 8.91. The molecule has 2 saturated carbocycles. The maximum absolute atomic E-state index is 13.1. The highest BCUT2D eigenvalue weighted by Crippen LogP contribution is 2.60. The van der Waals surface area contributed by atoms with Crippen LogP contribution in [0.25, 0.3) is 22.2 Å². The normalized spacial score (nSPS) is 19.0. The summed E-state index contributed by atoms with van der Waals surface area (Å²) in [6.07, 6.45) is 1.09. The van der Waals surface area contributed by atoms with Crippen LogP contribution in [0.1, 0.15) is 72.0 Å². The smallest absolute Gasteiger partial charge is 0.478 e. The van der Waals surface area contributed by atoms with Crippen molar-refractivity contribution in [2.75, 3.05) is 18.0 Å². The number of pyridine rings is 1. The van der Waals surface area contributed by atoms with E-state index in [1.54, 1.807) is 30.3 Å². The van der Waals surface area contributed by atoms with Crippen molar-refractivity contribution in [3.63, 3.8) is 0 Å². The van der Waals surface area contributed by atoms with Crippen molar-refractivity contribution < 1.29 is 32.3 Å². The largest absolute Gasteiger partial charge is 0.573 e. The predicted molar refractivity (Wildman–Crippen MR) is 145 cm³/mol. The van der Waals surface area contributed by atoms with Crippen molar-refractivity contribution in [3.8, 4) is 17.0 Å². The first kappa shape index (κ1) is 25.9. The van der Waals surface area contributed by atoms with Crippen molar-refractivity contribution in [1.29, 1.82) is 0 Å². The maximum atomic E-state index is 13.1. The minimum absolute atomic E-state index is 0.172. The molecule has 3 aliphatic rings. The maximum Gasteiger partial charge on any atom is 0.573 e. The molecular formula is C31H28F3N3O4. The minimum Gasteiger partial charge on any atom is -0.478 e. The number of fused-ring (bicyclic) bond motifs is 1. The molecule has 0 bridgehead atoms. The zero-order chi connectivity index (χ0) is 28.4. The fraction of sp³-hybridized carbons (Fsp3) is 0.387. The summed E-state index contributed by atoms with van der Waals surface area (Å²) >= 11 is 0. The molecular weight excluding hydrogens is 535 g/mol. The quantitative estimate of drug-likeness (QED) is 0.259. The van der Waals surface area contributed by atoms with Gasteiger partial charge in [-0.2, -0.15) is 0 Å². The molecule has 0 radical (unpaired) electrons. The Balaban J connectivity index is 1.08. The van der Waals surface area contributed by atoms with Crippen molar-refractivity contribution in [3.05, 3.63) is 71.5 Å². The number of nitrogens with zero attached hydrogens (tertiary/aromatic N) is 3. The summed E-state index contributed by atoms with van der Waals surface area (Å²) < 4.78 is 49.5. The van der Waals surface area contributed by atoms with Gasteiger partial charge in [0.05, 0.1) is 11.1 Å². The highest BCUT2D eigenvalue weighted by molar-refractivity contribution is 5.93. The lowest BCUT2D eigenvalue weighted by Crippen LogP contribution is -2.46. The molecule has 4 aromatic rings. The van der Waals surface area contributed by atoms with Crippen LogP contribution in [0.4, 0.5) is 19.0 Å². The highest BCUT2D eigenvalue weighted by Gasteiger charge is 2.50. The number of ether oxygens (including phenoxy) is 1. The number of halogens is 3. The van der Waals surface area contributed by atoms with Gasteiger partial charge in [-0.15, -0.1) is 13.2 Å². The zero-order valence-electron chi connectivity index (χ0n) is 22.2. The van der Waals surface area contributed by atoms with Gasteiger partial charge in [-0.3, -0.25) is 0 Å². The number of carboxylic acid groups (broad SMARTS) is 1. The number of para-hydroxylation sites is 1. The van der Waals surface area contributed by atoms with E-state index in [0.717, 1.165) is 79.7 Å². The first-order chi connectivity index (χ1) is 19.7. The standard InChI is InChI=1S/C31H28F3N3O4/c32-31(33,34)40-24-4-2-1-3-22(24)27-26(28(41-36-27)18-5-6-18)21-16-30(17-21)11-13-37(14-12-30)25-10-8-19-15-20(29(38)39)7-9-23(19)35-25/h1-4,7-10,15,18,21H,5-6,11-14,16-17H2,(H,38,39). The fourth-order valence-corrected chi connectivity index (χ4v) is 6.65. The SMILES string of the molecule is O=C(O)c1ccc2nc(N3CCC4(CC3)CC(c3c(-c5ccccc5OC(F)(F)F)noc3C3CC3)C4)ccc2c1. The molecule has 1 aliphatic heterocycles. The van der Waals surface area contributed by atoms with Crippen LogP contribution in [0.3, 0.4) is 0 Å². The molecule has 10 heteroatoms. The fourth-order valence-electron chi connectivity index (χ4n) is 6.65. The van der Waals surface area contributed by atoms with Gasteiger partial charge in [-0.05, 0) is 92.3 Å². The number of aromatic carboxylic acids is 1. The lowest BCUT2D eigenvalue weighted by molar-refractivity contribution is -0.274. The third-order valence-electron chi connectivity index (χ3n) is 8.91. The van der Waals surface area contributed by atoms with Crippen LogP contribution in [0.15, 0.2) is 59.1 Å². The molecule has 0 unspecified atom stereocenters. The van der Waals surface area contributed by atoms with Crippen molar-refractivity contribution in [2.24, 2.45) is 5.41 Å². The van der Waals surface area contributed by atoms with Crippen LogP contribution in [0, 0.1) is 5.41 Å². The van der Waals surface area contributed by atoms with Crippen LogP contribution in [0.2, 0.25) is 0 Å². The summed E-state index contributed by atoms with van der Waals surface area (Å²) in [4.78, 5) is 18.3. The summed E-state index contributed by atoms with van der Waals surface area (Å²) in [5.74, 6) is 0.944. The van der Waals surface area contributed by atoms with E-state index in [-0.39, 0.29) is 28.6 Å². The second kappa shape index (κ2) is 9.49. The van der Waals surface area contributed by atoms with Crippen molar-refractivity contribution in [2.45, 2.75) is 56.7 Å². The van der Waals surface area contributed by atoms with Gasteiger partial charge >= 0.3 is 12.3 Å². The minimum atomic E-state index is -4.80. The molecule has 3 fully saturated rings. The number of hydrogen-bond acceptors (Lipinski definition) is 6. The molecule has 2 aliphatic carbocycles. The van der Waals surface area contributed by atoms with E-state index in [4.69, 9.17) is 9.51 Å². The monoisotopic (exact) mass is 563 g/mol. The number of aromatic nitrogens is 2. The number of piperidine rings is 1. The Labute approximate surface area is 233 Å². The van der Waals surface area contributed by atoms with E-state index in [9.17, 15) is 23.1 Å². The molecule has 3 heterocycles. The Hall–Kier alpha value is -4.08. The van der Waals surface area contributed by atoms with Gasteiger partial charge in [0.25, 0.3) is 0 Å². The van der Waals surface area contributed by atoms with E-state index >= 15 is 0 Å². The highest BCUT2D eigenvalue weighted by atomic mass is 19.4. The molecule has 0 atom stereocenters. The lowest BCUT2D eigenvalue weighted by atomic mass is 9.55. The molecule has 1 N–H and O–H groups in total. The zero-order valence-corrected chi connectivity index (χ0v) is 22.2. The summed E-state index contributed by atoms with van der Waals surface area (Å²) in [5.41, 5.74) is 2.91. The van der Waals surface area contributed by atoms with Gasteiger partial charge in [0.15, 0.2) is 0 Å². The Kier molecular flexibility index (Phi) is 5.99. The molecule has 0 amide bonds. The first-order valence-electron chi connectivity index (χ1n) is 13.9. The van der Waals surface area contributed by atoms with Gasteiger partial charge in [0.2, 0.25) is 0 Å². The van der Waals surface area contributed by atoms with E-state index in [2.05, 4.69) is 14.8 Å². The molecule has 41 heavy (non-hydrogen) atoms. The molecule has 7 nitrogen and oxygen atoms in total. The Morgan fingerprint density at radius 1 is 1.02 bits per heavy atom. The van der Waals surface area contributed by atoms with Crippen LogP contribution >= 0.6 is 0 Å². The second-order valence-electron chi connectivity index (χ2n) is 11.6. The molecule has 7 rings (SSSR count). The van der Waals surface area contributed by atoms with Gasteiger partial charge in [-0.1, -0.05) is 17.3 Å². The van der Waals surface area contributed by atoms with E-state index in [1.807, 2.05) is 12.1 Å². The van der Waals surface area contributed by atoms with Gasteiger partial charge in [-0.25, -0.2) is 9.78 Å². The number of alkyl halides is 3. The van der Waals surface area contributed by atoms with Crippen LogP contribution in [0.5, 0.6) is 5.75 Å². The number of carbonyl (C=O) groups is 1. The van der Waals surface area contributed by atoms with Gasteiger partial charge in [0.1, 0.15) is 23.0 Å². The second-order valence-corrected chi connectivity index (χ2v) is 11.6. The number of hydrogen-bond donors (Lipinski definition) is 1. The average molecular weight is 564 g/mol. The van der Waals surface area contributed by atoms with Crippen molar-refractivity contribution in [1.82, 2.24) is 10.1 Å². The predicted octanol–water partition coefficient (Wildman–Crippen LogP) is 7.53. The van der Waals surface area contributed by atoms with Crippen LogP contribution in [-0.2, 0) is 0 Å². The number of anilines is 1. The number of rotatable bonds is 6. The first-order valence-corrected chi connectivity index (χ1v) is 13.9. The van der Waals surface area contributed by atoms with E-state index in [0.29, 0.717) is 11.3 Å². The summed E-state index contributed by atoms with van der Waals surface area (Å²) in [6, 6.07) is 15.0. The van der Waals surface area contributed by atoms with E-state index < -0.39 is 12.3 Å². The Morgan fingerprint density at radius 3 is 2.49 bits per heavy atom. The lowest BCUT2D eigenvalue weighted by Gasteiger charge is -2.52. The third kappa shape index (κ3) is 4.89. The molecule has 212 valence electrons. The molecule has 1 saturated heterocycles. The van der Waals surface area contributed by atoms with Gasteiger partial charge in [0, 0.05) is 35.5 Å².